The Bertz CT molecular complexity index is 448. The van der Waals surface area contributed by atoms with Crippen LogP contribution in [0.1, 0.15) is 18.4 Å². The van der Waals surface area contributed by atoms with Gasteiger partial charge in [0.05, 0.1) is 18.6 Å². The third kappa shape index (κ3) is 2.20. The van der Waals surface area contributed by atoms with Crippen molar-refractivity contribution >= 4 is 5.91 Å². The second-order valence-corrected chi connectivity index (χ2v) is 5.06. The quantitative estimate of drug-likeness (QED) is 0.857. The van der Waals surface area contributed by atoms with Crippen molar-refractivity contribution in [3.8, 4) is 5.75 Å². The summed E-state index contributed by atoms with van der Waals surface area (Å²) in [6.45, 7) is 1.39. The molecule has 0 spiro atoms. The molecule has 2 aliphatic heterocycles. The molecule has 1 aromatic carbocycles. The summed E-state index contributed by atoms with van der Waals surface area (Å²) in [5.74, 6) is 0.277. The second-order valence-electron chi connectivity index (χ2n) is 5.06. The van der Waals surface area contributed by atoms with Crippen molar-refractivity contribution < 1.29 is 14.6 Å². The Morgan fingerprint density at radius 1 is 1.28 bits per heavy atom. The van der Waals surface area contributed by atoms with Crippen LogP contribution in [0.5, 0.6) is 5.75 Å². The van der Waals surface area contributed by atoms with Gasteiger partial charge in [-0.1, -0.05) is 18.2 Å². The third-order valence-corrected chi connectivity index (χ3v) is 3.73. The topological polar surface area (TPSA) is 49.8 Å². The van der Waals surface area contributed by atoms with Crippen LogP contribution in [-0.2, 0) is 16.0 Å². The Hall–Kier alpha value is -1.55. The van der Waals surface area contributed by atoms with E-state index in [1.807, 2.05) is 11.0 Å². The lowest BCUT2D eigenvalue weighted by Gasteiger charge is -2.32. The predicted octanol–water partition coefficient (Wildman–Crippen LogP) is 1.32. The normalized spacial score (nSPS) is 26.3. The molecule has 0 aliphatic carbocycles. The maximum absolute atomic E-state index is 12.2. The Morgan fingerprint density at radius 3 is 2.61 bits per heavy atom. The molecule has 96 valence electrons. The highest BCUT2D eigenvalue weighted by Gasteiger charge is 2.35. The largest absolute Gasteiger partial charge is 0.508 e. The zero-order valence-electron chi connectivity index (χ0n) is 10.2. The maximum atomic E-state index is 12.2. The molecule has 2 aliphatic rings. The number of fused-ring (bicyclic) bond motifs is 2. The van der Waals surface area contributed by atoms with Gasteiger partial charge in [0.2, 0.25) is 5.91 Å². The number of carbonyl (C=O) groups is 1. The smallest absolute Gasteiger partial charge is 0.227 e. The summed E-state index contributed by atoms with van der Waals surface area (Å²) in [6, 6.07) is 7.01. The molecule has 0 aromatic heterocycles. The molecule has 2 unspecified atom stereocenters. The number of carbonyl (C=O) groups excluding carboxylic acids is 1. The second kappa shape index (κ2) is 4.61. The fourth-order valence-corrected chi connectivity index (χ4v) is 2.75. The number of likely N-dealkylation sites (tertiary alicyclic amines) is 1. The van der Waals surface area contributed by atoms with Gasteiger partial charge in [0.15, 0.2) is 0 Å². The van der Waals surface area contributed by atoms with Crippen LogP contribution in [0.4, 0.5) is 0 Å². The summed E-state index contributed by atoms with van der Waals surface area (Å²) in [5.41, 5.74) is 0.696. The first-order valence-corrected chi connectivity index (χ1v) is 6.42. The number of morpholine rings is 1. The number of benzene rings is 1. The van der Waals surface area contributed by atoms with E-state index in [1.54, 1.807) is 18.2 Å². The number of phenols is 1. The minimum atomic E-state index is 0.0803. The van der Waals surface area contributed by atoms with Gasteiger partial charge in [-0.3, -0.25) is 4.79 Å². The molecule has 2 bridgehead atoms. The Balaban J connectivity index is 1.67. The van der Waals surface area contributed by atoms with Gasteiger partial charge >= 0.3 is 0 Å². The molecule has 2 heterocycles. The summed E-state index contributed by atoms with van der Waals surface area (Å²) in [6.07, 6.45) is 2.83. The minimum absolute atomic E-state index is 0.0803. The van der Waals surface area contributed by atoms with Crippen molar-refractivity contribution in [2.45, 2.75) is 31.5 Å². The zero-order valence-corrected chi connectivity index (χ0v) is 10.2. The van der Waals surface area contributed by atoms with Crippen LogP contribution in [0.2, 0.25) is 0 Å². The van der Waals surface area contributed by atoms with Gasteiger partial charge < -0.3 is 14.7 Å². The van der Waals surface area contributed by atoms with E-state index >= 15 is 0 Å². The van der Waals surface area contributed by atoms with E-state index in [1.165, 1.54) is 0 Å². The fraction of sp³-hybridized carbons (Fsp3) is 0.500. The average molecular weight is 247 g/mol. The van der Waals surface area contributed by atoms with Gasteiger partial charge in [0, 0.05) is 18.7 Å². The monoisotopic (exact) mass is 247 g/mol. The fourth-order valence-electron chi connectivity index (χ4n) is 2.75. The molecule has 4 nitrogen and oxygen atoms in total. The van der Waals surface area contributed by atoms with E-state index in [0.29, 0.717) is 18.7 Å². The van der Waals surface area contributed by atoms with Crippen LogP contribution >= 0.6 is 0 Å². The molecule has 1 aromatic rings. The molecule has 1 N–H and O–H groups in total. The highest BCUT2D eigenvalue weighted by atomic mass is 16.5. The van der Waals surface area contributed by atoms with Crippen LogP contribution in [0.3, 0.4) is 0 Å². The minimum Gasteiger partial charge on any atom is -0.508 e. The first-order valence-electron chi connectivity index (χ1n) is 6.42. The molecular formula is C14H17NO3. The van der Waals surface area contributed by atoms with E-state index in [-0.39, 0.29) is 30.3 Å². The lowest BCUT2D eigenvalue weighted by atomic mass is 10.1. The van der Waals surface area contributed by atoms with Crippen LogP contribution in [0.15, 0.2) is 24.3 Å². The Kier molecular flexibility index (Phi) is 2.96. The third-order valence-electron chi connectivity index (χ3n) is 3.73. The summed E-state index contributed by atoms with van der Waals surface area (Å²) in [4.78, 5) is 14.1. The highest BCUT2D eigenvalue weighted by molar-refractivity contribution is 5.79. The lowest BCUT2D eigenvalue weighted by Crippen LogP contribution is -2.46. The van der Waals surface area contributed by atoms with Gasteiger partial charge in [0.25, 0.3) is 0 Å². The standard InChI is InChI=1S/C14H17NO3/c16-13-4-2-1-3-10(13)7-14(17)15-8-11-5-6-12(9-15)18-11/h1-4,11-12,16H,5-9H2. The van der Waals surface area contributed by atoms with E-state index < -0.39 is 0 Å². The molecule has 18 heavy (non-hydrogen) atoms. The van der Waals surface area contributed by atoms with Crippen molar-refractivity contribution in [1.82, 2.24) is 4.90 Å². The molecule has 2 saturated heterocycles. The van der Waals surface area contributed by atoms with Crippen molar-refractivity contribution in [3.05, 3.63) is 29.8 Å². The number of ether oxygens (including phenoxy) is 1. The van der Waals surface area contributed by atoms with E-state index in [4.69, 9.17) is 4.74 Å². The van der Waals surface area contributed by atoms with E-state index in [9.17, 15) is 9.90 Å². The maximum Gasteiger partial charge on any atom is 0.227 e. The summed E-state index contributed by atoms with van der Waals surface area (Å²) in [5, 5.41) is 9.68. The number of nitrogens with zero attached hydrogens (tertiary/aromatic N) is 1. The SMILES string of the molecule is O=C(Cc1ccccc1O)N1CC2CCC(C1)O2. The van der Waals surface area contributed by atoms with Gasteiger partial charge in [0.1, 0.15) is 5.75 Å². The molecule has 4 heteroatoms. The van der Waals surface area contributed by atoms with Crippen molar-refractivity contribution in [3.63, 3.8) is 0 Å². The summed E-state index contributed by atoms with van der Waals surface area (Å²) >= 11 is 0. The Morgan fingerprint density at radius 2 is 1.94 bits per heavy atom. The highest BCUT2D eigenvalue weighted by Crippen LogP contribution is 2.27. The number of phenolic OH excluding ortho intramolecular Hbond substituents is 1. The number of para-hydroxylation sites is 1. The first kappa shape index (κ1) is 11.5. The Labute approximate surface area is 106 Å². The molecule has 2 atom stereocenters. The van der Waals surface area contributed by atoms with Gasteiger partial charge in [-0.25, -0.2) is 0 Å². The van der Waals surface area contributed by atoms with Crippen molar-refractivity contribution in [1.29, 1.82) is 0 Å². The van der Waals surface area contributed by atoms with Gasteiger partial charge in [-0.15, -0.1) is 0 Å². The van der Waals surface area contributed by atoms with Crippen LogP contribution in [-0.4, -0.2) is 41.2 Å². The number of rotatable bonds is 2. The molecule has 1 amide bonds. The summed E-state index contributed by atoms with van der Waals surface area (Å²) in [7, 11) is 0. The van der Waals surface area contributed by atoms with Crippen molar-refractivity contribution in [2.24, 2.45) is 0 Å². The lowest BCUT2D eigenvalue weighted by molar-refractivity contribution is -0.139. The van der Waals surface area contributed by atoms with E-state index in [0.717, 1.165) is 12.8 Å². The van der Waals surface area contributed by atoms with Gasteiger partial charge in [-0.05, 0) is 18.9 Å². The molecule has 3 rings (SSSR count). The number of amides is 1. The zero-order chi connectivity index (χ0) is 12.5. The first-order chi connectivity index (χ1) is 8.72. The van der Waals surface area contributed by atoms with E-state index in [2.05, 4.69) is 0 Å². The van der Waals surface area contributed by atoms with Crippen LogP contribution < -0.4 is 0 Å². The average Bonchev–Trinajstić information content (AvgIpc) is 2.71. The molecule has 2 fully saturated rings. The number of aromatic hydroxyl groups is 1. The summed E-state index contributed by atoms with van der Waals surface area (Å²) < 4.78 is 5.71. The number of hydrogen-bond donors (Lipinski definition) is 1. The van der Waals surface area contributed by atoms with Crippen molar-refractivity contribution in [2.75, 3.05) is 13.1 Å². The van der Waals surface area contributed by atoms with Crippen LogP contribution in [0, 0.1) is 0 Å². The van der Waals surface area contributed by atoms with Crippen LogP contribution in [0.25, 0.3) is 0 Å². The number of hydrogen-bond acceptors (Lipinski definition) is 3. The van der Waals surface area contributed by atoms with Gasteiger partial charge in [-0.2, -0.15) is 0 Å². The molecule has 0 saturated carbocycles. The molecule has 0 radical (unpaired) electrons. The predicted molar refractivity (Wildman–Crippen MR) is 66.3 cm³/mol. The molecular weight excluding hydrogens is 230 g/mol.